The van der Waals surface area contributed by atoms with E-state index in [0.29, 0.717) is 19.8 Å². The first-order chi connectivity index (χ1) is 12.7. The van der Waals surface area contributed by atoms with Gasteiger partial charge in [-0.15, -0.1) is 12.4 Å². The molecular formula is C19H28ClN3O3S. The van der Waals surface area contributed by atoms with E-state index in [1.165, 1.54) is 11.3 Å². The lowest BCUT2D eigenvalue weighted by atomic mass is 10.2. The topological polar surface area (TPSA) is 58.1 Å². The Morgan fingerprint density at radius 2 is 1.93 bits per heavy atom. The van der Waals surface area contributed by atoms with Gasteiger partial charge in [-0.1, -0.05) is 23.5 Å². The van der Waals surface area contributed by atoms with Gasteiger partial charge in [-0.05, 0) is 26.0 Å². The highest BCUT2D eigenvalue weighted by molar-refractivity contribution is 7.11. The molecule has 1 fully saturated rings. The standard InChI is InChI=1S/C19H27N3O3S.ClH/c1-3-24-18-7-5-4-6-17(18)22-10-8-21(9-11-22)12-16(23)13-25-19-15(2)20-14-26-19;/h4-7,14,16,23H,3,8-13H2,1-2H3;1H. The first-order valence-corrected chi connectivity index (χ1v) is 9.95. The monoisotopic (exact) mass is 413 g/mol. The summed E-state index contributed by atoms with van der Waals surface area (Å²) in [4.78, 5) is 8.79. The van der Waals surface area contributed by atoms with E-state index in [0.717, 1.165) is 48.4 Å². The molecule has 0 saturated carbocycles. The molecule has 0 spiro atoms. The number of aliphatic hydroxyl groups is 1. The molecule has 1 unspecified atom stereocenters. The van der Waals surface area contributed by atoms with Gasteiger partial charge in [0.1, 0.15) is 18.5 Å². The summed E-state index contributed by atoms with van der Waals surface area (Å²) in [5.74, 6) is 0.941. The van der Waals surface area contributed by atoms with Crippen LogP contribution in [0, 0.1) is 6.92 Å². The molecule has 150 valence electrons. The van der Waals surface area contributed by atoms with Gasteiger partial charge in [0.05, 0.1) is 23.5 Å². The van der Waals surface area contributed by atoms with Gasteiger partial charge in [0.2, 0.25) is 0 Å². The fraction of sp³-hybridized carbons (Fsp3) is 0.526. The Hall–Kier alpha value is -1.54. The summed E-state index contributed by atoms with van der Waals surface area (Å²) < 4.78 is 11.4. The van der Waals surface area contributed by atoms with Gasteiger partial charge in [-0.25, -0.2) is 4.98 Å². The number of halogens is 1. The lowest BCUT2D eigenvalue weighted by Crippen LogP contribution is -2.49. The minimum atomic E-state index is -0.501. The second kappa shape index (κ2) is 10.7. The van der Waals surface area contributed by atoms with E-state index in [4.69, 9.17) is 9.47 Å². The highest BCUT2D eigenvalue weighted by Crippen LogP contribution is 2.28. The smallest absolute Gasteiger partial charge is 0.197 e. The third kappa shape index (κ3) is 5.97. The van der Waals surface area contributed by atoms with Gasteiger partial charge >= 0.3 is 0 Å². The highest BCUT2D eigenvalue weighted by Gasteiger charge is 2.21. The lowest BCUT2D eigenvalue weighted by molar-refractivity contribution is 0.0673. The van der Waals surface area contributed by atoms with Crippen LogP contribution in [0.5, 0.6) is 10.8 Å². The molecule has 1 aromatic carbocycles. The number of piperazine rings is 1. The first kappa shape index (κ1) is 21.8. The Morgan fingerprint density at radius 3 is 2.59 bits per heavy atom. The van der Waals surface area contributed by atoms with Crippen molar-refractivity contribution in [3.8, 4) is 10.8 Å². The number of hydrogen-bond donors (Lipinski definition) is 1. The van der Waals surface area contributed by atoms with Crippen molar-refractivity contribution in [1.29, 1.82) is 0 Å². The molecule has 6 nitrogen and oxygen atoms in total. The third-order valence-electron chi connectivity index (χ3n) is 4.46. The van der Waals surface area contributed by atoms with E-state index in [2.05, 4.69) is 20.9 Å². The third-order valence-corrected chi connectivity index (χ3v) is 5.29. The molecule has 1 N–H and O–H groups in total. The van der Waals surface area contributed by atoms with Crippen LogP contribution in [0.4, 0.5) is 5.69 Å². The molecule has 2 aromatic rings. The Morgan fingerprint density at radius 1 is 1.19 bits per heavy atom. The van der Waals surface area contributed by atoms with Crippen LogP contribution in [-0.2, 0) is 0 Å². The van der Waals surface area contributed by atoms with Crippen LogP contribution in [0.3, 0.4) is 0 Å². The number of para-hydroxylation sites is 2. The zero-order chi connectivity index (χ0) is 18.4. The number of aliphatic hydroxyl groups excluding tert-OH is 1. The average molecular weight is 414 g/mol. The van der Waals surface area contributed by atoms with E-state index in [1.54, 1.807) is 5.51 Å². The van der Waals surface area contributed by atoms with Crippen molar-refractivity contribution in [1.82, 2.24) is 9.88 Å². The molecular weight excluding hydrogens is 386 g/mol. The number of nitrogens with zero attached hydrogens (tertiary/aromatic N) is 3. The molecule has 0 bridgehead atoms. The van der Waals surface area contributed by atoms with Gasteiger partial charge in [-0.2, -0.15) is 0 Å². The SMILES string of the molecule is CCOc1ccccc1N1CCN(CC(O)COc2scnc2C)CC1.Cl. The maximum absolute atomic E-state index is 10.3. The van der Waals surface area contributed by atoms with E-state index in [9.17, 15) is 5.11 Å². The maximum atomic E-state index is 10.3. The minimum Gasteiger partial charge on any atom is -0.492 e. The zero-order valence-electron chi connectivity index (χ0n) is 15.8. The van der Waals surface area contributed by atoms with Crippen LogP contribution < -0.4 is 14.4 Å². The van der Waals surface area contributed by atoms with E-state index in [1.807, 2.05) is 32.0 Å². The van der Waals surface area contributed by atoms with Crippen molar-refractivity contribution in [2.75, 3.05) is 50.8 Å². The molecule has 2 heterocycles. The number of aromatic nitrogens is 1. The number of hydrogen-bond acceptors (Lipinski definition) is 7. The Bertz CT molecular complexity index is 692. The van der Waals surface area contributed by atoms with Gasteiger partial charge in [0.25, 0.3) is 0 Å². The van der Waals surface area contributed by atoms with E-state index < -0.39 is 6.10 Å². The summed E-state index contributed by atoms with van der Waals surface area (Å²) in [6.07, 6.45) is -0.501. The van der Waals surface area contributed by atoms with E-state index in [-0.39, 0.29) is 12.4 Å². The summed E-state index contributed by atoms with van der Waals surface area (Å²) in [6, 6.07) is 8.19. The average Bonchev–Trinajstić information content (AvgIpc) is 3.06. The number of β-amino-alcohol motifs (C(OH)–C–C–N with tert-alkyl or cyclic N) is 1. The normalized spacial score (nSPS) is 15.9. The van der Waals surface area contributed by atoms with Crippen molar-refractivity contribution in [2.45, 2.75) is 20.0 Å². The molecule has 1 aliphatic heterocycles. The summed E-state index contributed by atoms with van der Waals surface area (Å²) in [6.45, 7) is 9.19. The van der Waals surface area contributed by atoms with Gasteiger partial charge < -0.3 is 19.5 Å². The first-order valence-electron chi connectivity index (χ1n) is 9.07. The largest absolute Gasteiger partial charge is 0.492 e. The summed E-state index contributed by atoms with van der Waals surface area (Å²) in [5.41, 5.74) is 3.79. The van der Waals surface area contributed by atoms with Crippen LogP contribution in [0.15, 0.2) is 29.8 Å². The number of benzene rings is 1. The Labute approximate surface area is 171 Å². The van der Waals surface area contributed by atoms with Crippen molar-refractivity contribution >= 4 is 29.4 Å². The molecule has 3 rings (SSSR count). The quantitative estimate of drug-likeness (QED) is 0.718. The van der Waals surface area contributed by atoms with Gasteiger partial charge in [0, 0.05) is 32.7 Å². The van der Waals surface area contributed by atoms with Gasteiger partial charge in [0.15, 0.2) is 5.06 Å². The predicted molar refractivity (Wildman–Crippen MR) is 112 cm³/mol. The summed E-state index contributed by atoms with van der Waals surface area (Å²) in [7, 11) is 0. The molecule has 8 heteroatoms. The molecule has 0 aliphatic carbocycles. The Balaban J connectivity index is 0.00000261. The number of thiazole rings is 1. The second-order valence-electron chi connectivity index (χ2n) is 6.38. The van der Waals surface area contributed by atoms with Crippen LogP contribution in [0.2, 0.25) is 0 Å². The zero-order valence-corrected chi connectivity index (χ0v) is 17.5. The predicted octanol–water partition coefficient (Wildman–Crippen LogP) is 2.83. The molecule has 0 amide bonds. The van der Waals surface area contributed by atoms with Crippen molar-refractivity contribution in [2.24, 2.45) is 0 Å². The van der Waals surface area contributed by atoms with Gasteiger partial charge in [-0.3, -0.25) is 4.90 Å². The van der Waals surface area contributed by atoms with Crippen LogP contribution >= 0.6 is 23.7 Å². The molecule has 1 saturated heterocycles. The second-order valence-corrected chi connectivity index (χ2v) is 7.20. The fourth-order valence-corrected chi connectivity index (χ4v) is 3.79. The van der Waals surface area contributed by atoms with Crippen LogP contribution in [-0.4, -0.2) is 67.0 Å². The maximum Gasteiger partial charge on any atom is 0.197 e. The number of rotatable bonds is 8. The highest BCUT2D eigenvalue weighted by atomic mass is 35.5. The number of aryl methyl sites for hydroxylation is 1. The van der Waals surface area contributed by atoms with Crippen molar-refractivity contribution < 1.29 is 14.6 Å². The molecule has 27 heavy (non-hydrogen) atoms. The molecule has 1 atom stereocenters. The molecule has 0 radical (unpaired) electrons. The number of ether oxygens (including phenoxy) is 2. The van der Waals surface area contributed by atoms with Crippen LogP contribution in [0.1, 0.15) is 12.6 Å². The lowest BCUT2D eigenvalue weighted by Gasteiger charge is -2.37. The van der Waals surface area contributed by atoms with Crippen LogP contribution in [0.25, 0.3) is 0 Å². The van der Waals surface area contributed by atoms with Crippen molar-refractivity contribution in [3.63, 3.8) is 0 Å². The molecule has 1 aliphatic rings. The summed E-state index contributed by atoms with van der Waals surface area (Å²) >= 11 is 1.46. The number of anilines is 1. The molecule has 1 aromatic heterocycles. The van der Waals surface area contributed by atoms with E-state index >= 15 is 0 Å². The fourth-order valence-electron chi connectivity index (χ4n) is 3.12. The summed E-state index contributed by atoms with van der Waals surface area (Å²) in [5, 5.41) is 11.1. The van der Waals surface area contributed by atoms with Crippen molar-refractivity contribution in [3.05, 3.63) is 35.5 Å². The minimum absolute atomic E-state index is 0. The Kier molecular flexibility index (Phi) is 8.63.